The standard InChI is InChI=1S/C11H12ClFN2/c12-9-4-5-11(10(13)8-9)15-7-3-1-2-6-14/h4-5,8,15H,1-3,7H2. The van der Waals surface area contributed by atoms with E-state index < -0.39 is 0 Å². The number of hydrogen-bond donors (Lipinski definition) is 1. The van der Waals surface area contributed by atoms with E-state index in [1.165, 1.54) is 6.07 Å². The minimum atomic E-state index is -0.345. The Morgan fingerprint density at radius 2 is 2.20 bits per heavy atom. The molecule has 0 saturated carbocycles. The van der Waals surface area contributed by atoms with Crippen molar-refractivity contribution >= 4 is 17.3 Å². The van der Waals surface area contributed by atoms with Crippen molar-refractivity contribution in [1.29, 1.82) is 5.26 Å². The molecule has 0 atom stereocenters. The molecule has 0 spiro atoms. The van der Waals surface area contributed by atoms with Crippen molar-refractivity contribution in [3.8, 4) is 6.07 Å². The van der Waals surface area contributed by atoms with Crippen molar-refractivity contribution < 1.29 is 4.39 Å². The molecule has 0 aliphatic heterocycles. The predicted octanol–water partition coefficient (Wildman–Crippen LogP) is 3.58. The van der Waals surface area contributed by atoms with Crippen LogP contribution < -0.4 is 5.32 Å². The fourth-order valence-electron chi connectivity index (χ4n) is 1.18. The molecule has 2 nitrogen and oxygen atoms in total. The van der Waals surface area contributed by atoms with Gasteiger partial charge in [0.25, 0.3) is 0 Å². The molecule has 0 fully saturated rings. The summed E-state index contributed by atoms with van der Waals surface area (Å²) in [6.07, 6.45) is 2.24. The highest BCUT2D eigenvalue weighted by atomic mass is 35.5. The van der Waals surface area contributed by atoms with Crippen molar-refractivity contribution in [2.24, 2.45) is 0 Å². The summed E-state index contributed by atoms with van der Waals surface area (Å²) >= 11 is 5.62. The third kappa shape index (κ3) is 4.18. The second-order valence-electron chi connectivity index (χ2n) is 3.17. The lowest BCUT2D eigenvalue weighted by Crippen LogP contribution is -2.02. The van der Waals surface area contributed by atoms with Crippen LogP contribution in [0.2, 0.25) is 5.02 Å². The summed E-state index contributed by atoms with van der Waals surface area (Å²) in [5.41, 5.74) is 0.455. The lowest BCUT2D eigenvalue weighted by molar-refractivity contribution is 0.629. The molecule has 1 rings (SSSR count). The van der Waals surface area contributed by atoms with Crippen LogP contribution in [0.25, 0.3) is 0 Å². The molecule has 0 amide bonds. The van der Waals surface area contributed by atoms with Crippen molar-refractivity contribution in [1.82, 2.24) is 0 Å². The first-order valence-electron chi connectivity index (χ1n) is 4.80. The van der Waals surface area contributed by atoms with Crippen molar-refractivity contribution in [2.75, 3.05) is 11.9 Å². The van der Waals surface area contributed by atoms with Crippen LogP contribution in [0.15, 0.2) is 18.2 Å². The van der Waals surface area contributed by atoms with Crippen LogP contribution in [0, 0.1) is 17.1 Å². The highest BCUT2D eigenvalue weighted by Gasteiger charge is 2.01. The van der Waals surface area contributed by atoms with Crippen LogP contribution in [0.1, 0.15) is 19.3 Å². The Labute approximate surface area is 93.7 Å². The Balaban J connectivity index is 2.35. The van der Waals surface area contributed by atoms with Gasteiger partial charge in [-0.05, 0) is 31.0 Å². The predicted molar refractivity (Wildman–Crippen MR) is 59.4 cm³/mol. The Bertz CT molecular complexity index is 360. The Kier molecular flexibility index (Phi) is 4.92. The number of benzene rings is 1. The summed E-state index contributed by atoms with van der Waals surface area (Å²) in [6.45, 7) is 0.667. The van der Waals surface area contributed by atoms with E-state index in [0.29, 0.717) is 23.7 Å². The van der Waals surface area contributed by atoms with E-state index in [-0.39, 0.29) is 5.82 Å². The molecule has 4 heteroatoms. The molecule has 0 saturated heterocycles. The lowest BCUT2D eigenvalue weighted by Gasteiger charge is -2.06. The molecule has 0 bridgehead atoms. The van der Waals surface area contributed by atoms with Gasteiger partial charge in [0.15, 0.2) is 0 Å². The van der Waals surface area contributed by atoms with E-state index in [0.717, 1.165) is 12.8 Å². The summed E-state index contributed by atoms with van der Waals surface area (Å²) in [5.74, 6) is -0.345. The first-order valence-corrected chi connectivity index (χ1v) is 5.17. The quantitative estimate of drug-likeness (QED) is 0.779. The second kappa shape index (κ2) is 6.26. The maximum Gasteiger partial charge on any atom is 0.147 e. The van der Waals surface area contributed by atoms with E-state index in [9.17, 15) is 4.39 Å². The average molecular weight is 227 g/mol. The molecular formula is C11H12ClFN2. The number of nitrogens with zero attached hydrogens (tertiary/aromatic N) is 1. The largest absolute Gasteiger partial charge is 0.383 e. The van der Waals surface area contributed by atoms with Crippen LogP contribution in [-0.4, -0.2) is 6.54 Å². The van der Waals surface area contributed by atoms with Gasteiger partial charge in [-0.3, -0.25) is 0 Å². The van der Waals surface area contributed by atoms with Gasteiger partial charge < -0.3 is 5.32 Å². The second-order valence-corrected chi connectivity index (χ2v) is 3.60. The SMILES string of the molecule is N#CCCCCNc1ccc(Cl)cc1F. The molecule has 80 valence electrons. The van der Waals surface area contributed by atoms with Crippen LogP contribution in [0.3, 0.4) is 0 Å². The Morgan fingerprint density at radius 1 is 1.40 bits per heavy atom. The molecule has 0 aliphatic rings. The van der Waals surface area contributed by atoms with Crippen LogP contribution >= 0.6 is 11.6 Å². The van der Waals surface area contributed by atoms with Crippen molar-refractivity contribution in [2.45, 2.75) is 19.3 Å². The lowest BCUT2D eigenvalue weighted by atomic mass is 10.2. The smallest absolute Gasteiger partial charge is 0.147 e. The summed E-state index contributed by atoms with van der Waals surface area (Å²) in [4.78, 5) is 0. The summed E-state index contributed by atoms with van der Waals surface area (Å²) in [6, 6.07) is 6.60. The van der Waals surface area contributed by atoms with Crippen LogP contribution in [-0.2, 0) is 0 Å². The molecule has 0 aliphatic carbocycles. The number of unbranched alkanes of at least 4 members (excludes halogenated alkanes) is 2. The van der Waals surface area contributed by atoms with E-state index in [4.69, 9.17) is 16.9 Å². The normalized spacial score (nSPS) is 9.67. The zero-order valence-corrected chi connectivity index (χ0v) is 9.02. The molecule has 0 unspecified atom stereocenters. The van der Waals surface area contributed by atoms with Gasteiger partial charge in [0, 0.05) is 18.0 Å². The maximum atomic E-state index is 13.2. The first kappa shape index (κ1) is 11.8. The Hall–Kier alpha value is -1.27. The van der Waals surface area contributed by atoms with E-state index in [1.807, 2.05) is 0 Å². The van der Waals surface area contributed by atoms with Gasteiger partial charge in [0.05, 0.1) is 11.8 Å². The zero-order chi connectivity index (χ0) is 11.1. The average Bonchev–Trinajstić information content (AvgIpc) is 2.20. The monoisotopic (exact) mass is 226 g/mol. The van der Waals surface area contributed by atoms with Crippen molar-refractivity contribution in [3.05, 3.63) is 29.0 Å². The highest BCUT2D eigenvalue weighted by Crippen LogP contribution is 2.18. The van der Waals surface area contributed by atoms with Crippen LogP contribution in [0.4, 0.5) is 10.1 Å². The number of halogens is 2. The highest BCUT2D eigenvalue weighted by molar-refractivity contribution is 6.30. The van der Waals surface area contributed by atoms with Crippen LogP contribution in [0.5, 0.6) is 0 Å². The zero-order valence-electron chi connectivity index (χ0n) is 8.26. The fraction of sp³-hybridized carbons (Fsp3) is 0.364. The van der Waals surface area contributed by atoms with Gasteiger partial charge in [0.2, 0.25) is 0 Å². The molecule has 15 heavy (non-hydrogen) atoms. The van der Waals surface area contributed by atoms with Crippen molar-refractivity contribution in [3.63, 3.8) is 0 Å². The maximum absolute atomic E-state index is 13.2. The molecule has 0 aromatic heterocycles. The number of nitriles is 1. The molecule has 1 aromatic carbocycles. The number of rotatable bonds is 5. The molecule has 1 aromatic rings. The summed E-state index contributed by atoms with van der Waals surface area (Å²) < 4.78 is 13.2. The third-order valence-corrected chi connectivity index (χ3v) is 2.20. The minimum absolute atomic E-state index is 0.345. The molecule has 0 heterocycles. The number of anilines is 1. The van der Waals surface area contributed by atoms with Gasteiger partial charge in [-0.2, -0.15) is 5.26 Å². The number of nitrogens with one attached hydrogen (secondary N) is 1. The Morgan fingerprint density at radius 3 is 2.87 bits per heavy atom. The minimum Gasteiger partial charge on any atom is -0.383 e. The topological polar surface area (TPSA) is 35.8 Å². The molecule has 1 N–H and O–H groups in total. The first-order chi connectivity index (χ1) is 7.24. The van der Waals surface area contributed by atoms with Gasteiger partial charge in [-0.15, -0.1) is 0 Å². The van der Waals surface area contributed by atoms with Gasteiger partial charge in [-0.25, -0.2) is 4.39 Å². The third-order valence-electron chi connectivity index (χ3n) is 1.96. The number of hydrogen-bond acceptors (Lipinski definition) is 2. The molecular weight excluding hydrogens is 215 g/mol. The summed E-state index contributed by atoms with van der Waals surface area (Å²) in [7, 11) is 0. The van der Waals surface area contributed by atoms with Gasteiger partial charge in [-0.1, -0.05) is 11.6 Å². The van der Waals surface area contributed by atoms with E-state index in [2.05, 4.69) is 11.4 Å². The van der Waals surface area contributed by atoms with E-state index >= 15 is 0 Å². The van der Waals surface area contributed by atoms with Gasteiger partial charge in [0.1, 0.15) is 5.82 Å². The van der Waals surface area contributed by atoms with Gasteiger partial charge >= 0.3 is 0 Å². The summed E-state index contributed by atoms with van der Waals surface area (Å²) in [5, 5.41) is 11.7. The fourth-order valence-corrected chi connectivity index (χ4v) is 1.34. The van der Waals surface area contributed by atoms with E-state index in [1.54, 1.807) is 12.1 Å². The molecule has 0 radical (unpaired) electrons.